The molecule has 0 N–H and O–H groups in total. The number of non-ortho nitro benzene ring substituents is 1. The summed E-state index contributed by atoms with van der Waals surface area (Å²) >= 11 is 1.75. The third-order valence-electron chi connectivity index (χ3n) is 1.57. The van der Waals surface area contributed by atoms with E-state index in [0.717, 1.165) is 18.2 Å². The Hall–Kier alpha value is -0.890. The van der Waals surface area contributed by atoms with Gasteiger partial charge in [-0.1, -0.05) is 0 Å². The highest BCUT2D eigenvalue weighted by Gasteiger charge is 2.25. The van der Waals surface area contributed by atoms with Crippen LogP contribution in [0.15, 0.2) is 23.1 Å². The van der Waals surface area contributed by atoms with Crippen LogP contribution in [0, 0.1) is 20.2 Å². The minimum absolute atomic E-state index is 0.0596. The van der Waals surface area contributed by atoms with Crippen molar-refractivity contribution >= 4 is 42.4 Å². The molecule has 1 aromatic carbocycles. The molecular weight excluding hydrogens is 299 g/mol. The maximum absolute atomic E-state index is 11.1. The van der Waals surface area contributed by atoms with Crippen LogP contribution in [0.5, 0.6) is 0 Å². The smallest absolute Gasteiger partial charge is 0.330 e. The van der Waals surface area contributed by atoms with E-state index < -0.39 is 32.0 Å². The number of hydrogen-bond acceptors (Lipinski definition) is 6. The van der Waals surface area contributed by atoms with Crippen molar-refractivity contribution in [2.45, 2.75) is 4.90 Å². The molecule has 0 aliphatic rings. The monoisotopic (exact) mass is 310 g/mol. The van der Waals surface area contributed by atoms with Gasteiger partial charge in [0.15, 0.2) is 0 Å². The van der Waals surface area contributed by atoms with Gasteiger partial charge in [0.05, 0.1) is 24.4 Å². The minimum atomic E-state index is -1.63. The van der Waals surface area contributed by atoms with Gasteiger partial charge in [-0.15, -0.1) is 0 Å². The molecule has 2 unspecified atom stereocenters. The van der Waals surface area contributed by atoms with Gasteiger partial charge < -0.3 is 4.55 Å². The van der Waals surface area contributed by atoms with Crippen molar-refractivity contribution in [3.8, 4) is 0 Å². The Morgan fingerprint density at radius 3 is 2.06 bits per heavy atom. The van der Waals surface area contributed by atoms with Gasteiger partial charge in [0.2, 0.25) is 4.90 Å². The summed E-state index contributed by atoms with van der Waals surface area (Å²) in [6.07, 6.45) is 4.08. The summed E-state index contributed by atoms with van der Waals surface area (Å²) in [6.45, 7) is 0. The Kier molecular flexibility index (Phi) is 7.85. The molecule has 0 saturated carbocycles. The maximum atomic E-state index is 11.1. The van der Waals surface area contributed by atoms with Crippen LogP contribution >= 0.6 is 20.2 Å². The molecule has 10 heteroatoms. The fourth-order valence-corrected chi connectivity index (χ4v) is 2.07. The van der Waals surface area contributed by atoms with E-state index in [4.69, 9.17) is 0 Å². The highest BCUT2D eigenvalue weighted by molar-refractivity contribution is 8.37. The molecule has 0 aliphatic heterocycles. The van der Waals surface area contributed by atoms with Crippen LogP contribution in [-0.4, -0.2) is 26.9 Å². The number of nitrogens with zero attached hydrogens (tertiary/aromatic N) is 2. The molecule has 1 aromatic rings. The predicted octanol–water partition coefficient (Wildman–Crippen LogP) is 2.38. The summed E-state index contributed by atoms with van der Waals surface area (Å²) in [4.78, 5) is 19.3. The molecule has 2 atom stereocenters. The van der Waals surface area contributed by atoms with E-state index in [0.29, 0.717) is 0 Å². The first-order valence-corrected chi connectivity index (χ1v) is 8.60. The summed E-state index contributed by atoms with van der Waals surface area (Å²) in [7, 11) is 0.259. The molecular formula is C8H11N2O5PS2. The van der Waals surface area contributed by atoms with Crippen molar-refractivity contribution in [3.05, 3.63) is 38.4 Å². The number of thioether (sulfide) groups is 1. The van der Waals surface area contributed by atoms with Crippen LogP contribution < -0.4 is 0 Å². The SMILES string of the molecule is CSC.O=[N+]([O-])c1ccc([S+]([O-])P)c([N+](=O)[O-])c1. The second kappa shape index (κ2) is 8.25. The highest BCUT2D eigenvalue weighted by Crippen LogP contribution is 2.31. The van der Waals surface area contributed by atoms with E-state index in [1.165, 1.54) is 0 Å². The first kappa shape index (κ1) is 17.1. The molecule has 0 spiro atoms. The van der Waals surface area contributed by atoms with Gasteiger partial charge in [-0.2, -0.15) is 11.8 Å². The lowest BCUT2D eigenvalue weighted by Gasteiger charge is -2.03. The summed E-state index contributed by atoms with van der Waals surface area (Å²) in [5.41, 5.74) is -0.918. The second-order valence-electron chi connectivity index (χ2n) is 2.87. The summed E-state index contributed by atoms with van der Waals surface area (Å²) < 4.78 is 11.1. The number of nitro groups is 2. The second-order valence-corrected chi connectivity index (χ2v) is 6.01. The normalized spacial score (nSPS) is 11.1. The van der Waals surface area contributed by atoms with E-state index in [9.17, 15) is 24.8 Å². The third kappa shape index (κ3) is 5.18. The average Bonchev–Trinajstić information content (AvgIpc) is 2.28. The molecule has 1 rings (SSSR count). The Labute approximate surface area is 113 Å². The molecule has 0 saturated heterocycles. The van der Waals surface area contributed by atoms with Crippen molar-refractivity contribution in [1.82, 2.24) is 0 Å². The van der Waals surface area contributed by atoms with E-state index in [1.807, 2.05) is 21.0 Å². The lowest BCUT2D eigenvalue weighted by atomic mass is 10.3. The maximum Gasteiger partial charge on any atom is 0.330 e. The molecule has 0 aliphatic carbocycles. The lowest BCUT2D eigenvalue weighted by molar-refractivity contribution is -0.396. The van der Waals surface area contributed by atoms with Gasteiger partial charge in [0.25, 0.3) is 5.69 Å². The van der Waals surface area contributed by atoms with Gasteiger partial charge in [0, 0.05) is 22.9 Å². The Balaban J connectivity index is 0.000000873. The largest absolute Gasteiger partial charge is 0.610 e. The topological polar surface area (TPSA) is 109 Å². The molecule has 100 valence electrons. The zero-order valence-electron chi connectivity index (χ0n) is 9.56. The molecule has 0 aromatic heterocycles. The van der Waals surface area contributed by atoms with Crippen LogP contribution in [-0.2, 0) is 10.8 Å². The third-order valence-corrected chi connectivity index (χ3v) is 3.11. The van der Waals surface area contributed by atoms with Gasteiger partial charge in [0.1, 0.15) is 0 Å². The Bertz CT molecular complexity index is 443. The lowest BCUT2D eigenvalue weighted by Crippen LogP contribution is -1.99. The molecule has 0 heterocycles. The zero-order chi connectivity index (χ0) is 14.3. The van der Waals surface area contributed by atoms with E-state index in [1.54, 1.807) is 11.8 Å². The fraction of sp³-hybridized carbons (Fsp3) is 0.250. The van der Waals surface area contributed by atoms with Gasteiger partial charge in [-0.25, -0.2) is 0 Å². The number of rotatable bonds is 3. The van der Waals surface area contributed by atoms with Crippen molar-refractivity contribution in [1.29, 1.82) is 0 Å². The van der Waals surface area contributed by atoms with Gasteiger partial charge in [-0.3, -0.25) is 20.2 Å². The molecule has 0 fully saturated rings. The number of benzene rings is 1. The number of hydrogen-bond donors (Lipinski definition) is 0. The molecule has 7 nitrogen and oxygen atoms in total. The molecule has 18 heavy (non-hydrogen) atoms. The van der Waals surface area contributed by atoms with Crippen LogP contribution in [0.3, 0.4) is 0 Å². The fourth-order valence-electron chi connectivity index (χ4n) is 0.932. The van der Waals surface area contributed by atoms with Crippen molar-refractivity contribution in [2.24, 2.45) is 0 Å². The van der Waals surface area contributed by atoms with E-state index >= 15 is 0 Å². The predicted molar refractivity (Wildman–Crippen MR) is 75.3 cm³/mol. The first-order chi connectivity index (χ1) is 8.34. The quantitative estimate of drug-likeness (QED) is 0.367. The first-order valence-electron chi connectivity index (χ1n) is 4.34. The Morgan fingerprint density at radius 1 is 1.22 bits per heavy atom. The van der Waals surface area contributed by atoms with Gasteiger partial charge >= 0.3 is 5.69 Å². The highest BCUT2D eigenvalue weighted by atomic mass is 32.7. The average molecular weight is 310 g/mol. The van der Waals surface area contributed by atoms with Crippen LogP contribution in [0.2, 0.25) is 0 Å². The standard InChI is InChI=1S/C6H5N2O5PS.C2H6S/c9-7(10)4-1-2-6(15(13)14)5(3-4)8(11)12;1-3-2/h1-3H,14H2;1-2H3. The minimum Gasteiger partial charge on any atom is -0.610 e. The molecule has 0 radical (unpaired) electrons. The van der Waals surface area contributed by atoms with E-state index in [-0.39, 0.29) is 4.90 Å². The van der Waals surface area contributed by atoms with Crippen LogP contribution in [0.4, 0.5) is 11.4 Å². The van der Waals surface area contributed by atoms with Crippen molar-refractivity contribution < 1.29 is 14.4 Å². The summed E-state index contributed by atoms with van der Waals surface area (Å²) in [6, 6.07) is 2.97. The van der Waals surface area contributed by atoms with Gasteiger partial charge in [-0.05, 0) is 12.5 Å². The van der Waals surface area contributed by atoms with Crippen LogP contribution in [0.1, 0.15) is 0 Å². The molecule has 0 amide bonds. The van der Waals surface area contributed by atoms with Crippen LogP contribution in [0.25, 0.3) is 0 Å². The van der Waals surface area contributed by atoms with Crippen molar-refractivity contribution in [3.63, 3.8) is 0 Å². The summed E-state index contributed by atoms with van der Waals surface area (Å²) in [5, 5.41) is 20.9. The van der Waals surface area contributed by atoms with E-state index in [2.05, 4.69) is 0 Å². The zero-order valence-corrected chi connectivity index (χ0v) is 12.3. The number of nitro benzene ring substituents is 2. The Morgan fingerprint density at radius 2 is 1.72 bits per heavy atom. The molecule has 0 bridgehead atoms. The van der Waals surface area contributed by atoms with Crippen molar-refractivity contribution in [2.75, 3.05) is 12.5 Å². The summed E-state index contributed by atoms with van der Waals surface area (Å²) in [5.74, 6) is 0.